The van der Waals surface area contributed by atoms with Crippen molar-refractivity contribution in [3.05, 3.63) is 69.4 Å². The zero-order valence-corrected chi connectivity index (χ0v) is 22.7. The molecule has 0 spiro atoms. The summed E-state index contributed by atoms with van der Waals surface area (Å²) in [5, 5.41) is 3.32. The topological polar surface area (TPSA) is 51.8 Å². The molecule has 1 atom stereocenters. The number of halogens is 1. The van der Waals surface area contributed by atoms with E-state index in [4.69, 9.17) is 5.73 Å². The van der Waals surface area contributed by atoms with E-state index in [1.807, 2.05) is 12.3 Å². The number of hydrogen-bond donors (Lipinski definition) is 1. The molecule has 2 aromatic heterocycles. The molecule has 0 aliphatic carbocycles. The Hall–Kier alpha value is 0.0252. The van der Waals surface area contributed by atoms with Crippen molar-refractivity contribution in [2.45, 2.75) is 12.8 Å². The van der Waals surface area contributed by atoms with Crippen LogP contribution in [-0.4, -0.2) is 9.97 Å². The molecule has 4 rings (SSSR count). The van der Waals surface area contributed by atoms with E-state index in [9.17, 15) is 0 Å². The van der Waals surface area contributed by atoms with Crippen LogP contribution in [0.15, 0.2) is 48.7 Å². The fourth-order valence-corrected chi connectivity index (χ4v) is 3.62. The first kappa shape index (κ1) is 20.8. The average Bonchev–Trinajstić information content (AvgIpc) is 2.61. The summed E-state index contributed by atoms with van der Waals surface area (Å²) in [4.78, 5) is 9.08. The molecule has 0 aliphatic rings. The Bertz CT molecular complexity index is 1080. The molecule has 0 amide bonds. The van der Waals surface area contributed by atoms with Gasteiger partial charge in [-0.1, -0.05) is 6.07 Å². The van der Waals surface area contributed by atoms with Gasteiger partial charge < -0.3 is 5.73 Å². The molecular weight excluding hydrogens is 526 g/mol. The number of aryl methyl sites for hydroxylation is 2. The predicted octanol–water partition coefficient (Wildman–Crippen LogP) is 1.06. The van der Waals surface area contributed by atoms with Gasteiger partial charge in [0.05, 0.1) is 5.52 Å². The van der Waals surface area contributed by atoms with Crippen LogP contribution >= 0.6 is 31.8 Å². The molecule has 2 heterocycles. The van der Waals surface area contributed by atoms with E-state index >= 15 is 0 Å². The van der Waals surface area contributed by atoms with Gasteiger partial charge in [0, 0.05) is 20.5 Å². The maximum absolute atomic E-state index is 6.12. The zero-order valence-electron chi connectivity index (χ0n) is 14.5. The van der Waals surface area contributed by atoms with E-state index in [0.717, 1.165) is 43.5 Å². The van der Waals surface area contributed by atoms with E-state index in [-0.39, 0.29) is 58.2 Å². The molecule has 0 saturated carbocycles. The first-order valence-electron chi connectivity index (χ1n) is 7.99. The van der Waals surface area contributed by atoms with Crippen molar-refractivity contribution in [1.82, 2.24) is 9.97 Å². The van der Waals surface area contributed by atoms with Gasteiger partial charge in [-0.05, 0) is 59.2 Å². The zero-order chi connectivity index (χ0) is 17.4. The Morgan fingerprint density at radius 1 is 1.08 bits per heavy atom. The van der Waals surface area contributed by atoms with Gasteiger partial charge in [-0.2, -0.15) is 39.1 Å². The van der Waals surface area contributed by atoms with Crippen LogP contribution in [0, 0.1) is 9.64 Å². The summed E-state index contributed by atoms with van der Waals surface area (Å²) in [5.41, 5.74) is 10.2. The largest absolute Gasteiger partial charge is 1.00 e. The fraction of sp³-hybridized carbons (Fsp3) is 0.100. The number of fused-ring (bicyclic) bond motifs is 3. The van der Waals surface area contributed by atoms with Gasteiger partial charge in [0.1, 0.15) is 5.52 Å². The fourth-order valence-electron chi connectivity index (χ4n) is 2.97. The number of nitrogen functional groups attached to an aromatic ring is 1. The number of aromatic nitrogens is 2. The molecule has 0 bridgehead atoms. The number of benzene rings is 2. The number of pyridine rings is 2. The molecule has 1 unspecified atom stereocenters. The molecule has 0 aliphatic heterocycles. The third-order valence-corrected chi connectivity index (χ3v) is 5.29. The molecule has 124 valence electrons. The SMILES string of the molecule is Nc1nc2cc(I)ccc2c2cc(CCc3[c-]cc(P)cc3)cnc12.[Rb+]. The molecule has 2 N–H and O–H groups in total. The van der Waals surface area contributed by atoms with Crippen LogP contribution in [0.5, 0.6) is 0 Å². The van der Waals surface area contributed by atoms with Gasteiger partial charge in [-0.25, -0.2) is 4.98 Å². The van der Waals surface area contributed by atoms with E-state index in [2.05, 4.69) is 84.3 Å². The number of hydrogen-bond acceptors (Lipinski definition) is 3. The van der Waals surface area contributed by atoms with Gasteiger partial charge in [0.15, 0.2) is 5.82 Å². The standard InChI is InChI=1S/C20H16IN3P.Rb/c21-14-5-8-16-17-9-13(2-1-12-3-6-15(25)7-4-12)11-23-19(17)20(22)24-18(16)10-14;/h3,5-11H,1-2,25H2,(H2,22,24);/q-1;+1. The van der Waals surface area contributed by atoms with Crippen LogP contribution in [-0.2, 0) is 12.8 Å². The molecule has 3 nitrogen and oxygen atoms in total. The van der Waals surface area contributed by atoms with E-state index in [1.54, 1.807) is 0 Å². The molecule has 0 fully saturated rings. The van der Waals surface area contributed by atoms with Crippen molar-refractivity contribution in [2.24, 2.45) is 0 Å². The van der Waals surface area contributed by atoms with E-state index in [1.165, 1.54) is 11.1 Å². The predicted molar refractivity (Wildman–Crippen MR) is 116 cm³/mol. The first-order chi connectivity index (χ1) is 12.1. The maximum Gasteiger partial charge on any atom is 1.00 e. The van der Waals surface area contributed by atoms with Crippen molar-refractivity contribution in [2.75, 3.05) is 5.73 Å². The van der Waals surface area contributed by atoms with Crippen molar-refractivity contribution in [3.8, 4) is 0 Å². The van der Waals surface area contributed by atoms with E-state index < -0.39 is 0 Å². The molecule has 2 aromatic carbocycles. The second kappa shape index (κ2) is 9.02. The van der Waals surface area contributed by atoms with Crippen LogP contribution < -0.4 is 69.2 Å². The third kappa shape index (κ3) is 4.53. The minimum absolute atomic E-state index is 0. The second-order valence-corrected chi connectivity index (χ2v) is 7.96. The molecule has 4 aromatic rings. The summed E-state index contributed by atoms with van der Waals surface area (Å²) in [6.07, 6.45) is 3.77. The van der Waals surface area contributed by atoms with E-state index in [0.29, 0.717) is 5.82 Å². The number of rotatable bonds is 3. The minimum Gasteiger partial charge on any atom is -0.382 e. The molecular formula is C20H16IN3PRb. The van der Waals surface area contributed by atoms with Crippen LogP contribution in [0.3, 0.4) is 0 Å². The Morgan fingerprint density at radius 3 is 2.69 bits per heavy atom. The Kier molecular flexibility index (Phi) is 7.20. The summed E-state index contributed by atoms with van der Waals surface area (Å²) in [7, 11) is 2.69. The second-order valence-electron chi connectivity index (χ2n) is 6.05. The summed E-state index contributed by atoms with van der Waals surface area (Å²) >= 11 is 2.29. The van der Waals surface area contributed by atoms with Crippen molar-refractivity contribution in [1.29, 1.82) is 0 Å². The quantitative estimate of drug-likeness (QED) is 0.183. The smallest absolute Gasteiger partial charge is 0.382 e. The monoisotopic (exact) mass is 541 g/mol. The van der Waals surface area contributed by atoms with Crippen LogP contribution in [0.1, 0.15) is 11.1 Å². The summed E-state index contributed by atoms with van der Waals surface area (Å²) in [5.74, 6) is 0.486. The van der Waals surface area contributed by atoms with Gasteiger partial charge in [0.25, 0.3) is 0 Å². The van der Waals surface area contributed by atoms with Gasteiger partial charge >= 0.3 is 58.2 Å². The van der Waals surface area contributed by atoms with Gasteiger partial charge in [-0.3, -0.25) is 4.98 Å². The number of anilines is 1. The third-order valence-electron chi connectivity index (χ3n) is 4.26. The first-order valence-corrected chi connectivity index (χ1v) is 9.65. The number of nitrogens with zero attached hydrogens (tertiary/aromatic N) is 2. The maximum atomic E-state index is 6.12. The summed E-state index contributed by atoms with van der Waals surface area (Å²) in [6, 6.07) is 18.0. The molecule has 26 heavy (non-hydrogen) atoms. The van der Waals surface area contributed by atoms with Crippen molar-refractivity contribution < 1.29 is 58.2 Å². The summed E-state index contributed by atoms with van der Waals surface area (Å²) < 4.78 is 1.15. The number of nitrogens with two attached hydrogens (primary N) is 1. The Morgan fingerprint density at radius 2 is 1.92 bits per heavy atom. The van der Waals surface area contributed by atoms with Gasteiger partial charge in [0.2, 0.25) is 0 Å². The Labute approximate surface area is 217 Å². The minimum atomic E-state index is 0. The normalized spacial score (nSPS) is 10.8. The van der Waals surface area contributed by atoms with Crippen LogP contribution in [0.2, 0.25) is 0 Å². The van der Waals surface area contributed by atoms with Crippen molar-refractivity contribution >= 4 is 64.8 Å². The van der Waals surface area contributed by atoms with Crippen LogP contribution in [0.4, 0.5) is 5.82 Å². The Balaban J connectivity index is 0.00000196. The van der Waals surface area contributed by atoms with Crippen molar-refractivity contribution in [3.63, 3.8) is 0 Å². The summed E-state index contributed by atoms with van der Waals surface area (Å²) in [6.45, 7) is 0. The molecule has 0 radical (unpaired) electrons. The molecule has 6 heteroatoms. The average molecular weight is 542 g/mol. The molecule has 0 saturated heterocycles. The van der Waals surface area contributed by atoms with Crippen LogP contribution in [0.25, 0.3) is 21.8 Å². The van der Waals surface area contributed by atoms with Gasteiger partial charge in [-0.15, -0.1) is 5.30 Å².